The summed E-state index contributed by atoms with van der Waals surface area (Å²) in [5, 5.41) is 21.4. The minimum absolute atomic E-state index is 0.0481. The fourth-order valence-corrected chi connectivity index (χ4v) is 2.35. The van der Waals surface area contributed by atoms with Gasteiger partial charge in [0.2, 0.25) is 11.5 Å². The van der Waals surface area contributed by atoms with Crippen LogP contribution >= 0.6 is 11.6 Å². The average molecular weight is 425 g/mol. The zero-order chi connectivity index (χ0) is 21.2. The highest BCUT2D eigenvalue weighted by Crippen LogP contribution is 2.44. The Balaban J connectivity index is 2.61. The number of nitrogens with zero attached hydrogens (tertiary/aromatic N) is 2. The van der Waals surface area contributed by atoms with Crippen molar-refractivity contribution in [3.63, 3.8) is 0 Å². The lowest BCUT2D eigenvalue weighted by Gasteiger charge is -2.13. The molecule has 0 radical (unpaired) electrons. The molecular weight excluding hydrogens is 416 g/mol. The number of benzene rings is 2. The molecule has 0 amide bonds. The summed E-state index contributed by atoms with van der Waals surface area (Å²) in [6.45, 7) is 1.44. The molecule has 150 valence electrons. The first-order chi connectivity index (χ1) is 13.0. The van der Waals surface area contributed by atoms with Crippen molar-refractivity contribution in [3.8, 4) is 17.2 Å². The molecule has 8 nitrogen and oxygen atoms in total. The molecule has 2 aromatic rings. The number of ether oxygens (including phenoxy) is 2. The molecule has 0 unspecified atom stereocenters. The molecule has 28 heavy (non-hydrogen) atoms. The molecule has 0 heterocycles. The van der Waals surface area contributed by atoms with Crippen molar-refractivity contribution in [2.24, 2.45) is 0 Å². The molecule has 0 aromatic heterocycles. The van der Waals surface area contributed by atoms with Crippen molar-refractivity contribution in [2.45, 2.75) is 13.1 Å². The first kappa shape index (κ1) is 21.2. The second-order valence-electron chi connectivity index (χ2n) is 5.10. The molecule has 0 aliphatic carbocycles. The Morgan fingerprint density at radius 3 is 2.07 bits per heavy atom. The Morgan fingerprint density at radius 2 is 1.61 bits per heavy atom. The summed E-state index contributed by atoms with van der Waals surface area (Å²) in [5.41, 5.74) is -3.08. The zero-order valence-corrected chi connectivity index (χ0v) is 14.5. The summed E-state index contributed by atoms with van der Waals surface area (Å²) in [7, 11) is 0. The van der Waals surface area contributed by atoms with Crippen LogP contribution in [0.15, 0.2) is 24.3 Å². The van der Waals surface area contributed by atoms with E-state index in [-0.39, 0.29) is 12.7 Å². The summed E-state index contributed by atoms with van der Waals surface area (Å²) in [5.74, 6) is -3.59. The van der Waals surface area contributed by atoms with Gasteiger partial charge in [0, 0.05) is 6.07 Å². The van der Waals surface area contributed by atoms with Crippen LogP contribution in [0, 0.1) is 26.0 Å². The number of hydrogen-bond donors (Lipinski definition) is 0. The summed E-state index contributed by atoms with van der Waals surface area (Å²) in [6, 6.07) is 1.76. The first-order valence-corrected chi connectivity index (χ1v) is 7.67. The van der Waals surface area contributed by atoms with Crippen LogP contribution in [0.4, 0.5) is 28.9 Å². The number of alkyl halides is 3. The molecule has 0 aliphatic heterocycles. The predicted octanol–water partition coefficient (Wildman–Crippen LogP) is 5.51. The van der Waals surface area contributed by atoms with Gasteiger partial charge in [-0.2, -0.15) is 13.2 Å². The van der Waals surface area contributed by atoms with E-state index in [9.17, 15) is 37.8 Å². The number of nitro benzene ring substituents is 2. The molecule has 0 aliphatic rings. The standard InChI is InChI=1S/C15H9ClF4N2O6/c1-2-27-12-6-13(11(22(25)26)5-10(12)21(23)24)28-14-8(16)3-7(4-9(14)17)15(18,19)20/h3-6H,2H2,1H3. The van der Waals surface area contributed by atoms with Gasteiger partial charge >= 0.3 is 17.6 Å². The predicted molar refractivity (Wildman–Crippen MR) is 87.4 cm³/mol. The maximum absolute atomic E-state index is 14.1. The Bertz CT molecular complexity index is 928. The lowest BCUT2D eigenvalue weighted by Crippen LogP contribution is -2.06. The molecule has 0 N–H and O–H groups in total. The van der Waals surface area contributed by atoms with Crippen LogP contribution < -0.4 is 9.47 Å². The number of rotatable bonds is 6. The van der Waals surface area contributed by atoms with E-state index in [2.05, 4.69) is 0 Å². The molecule has 2 rings (SSSR count). The van der Waals surface area contributed by atoms with E-state index < -0.39 is 61.0 Å². The highest BCUT2D eigenvalue weighted by atomic mass is 35.5. The Hall–Kier alpha value is -3.15. The topological polar surface area (TPSA) is 105 Å². The van der Waals surface area contributed by atoms with Crippen molar-refractivity contribution in [2.75, 3.05) is 6.61 Å². The van der Waals surface area contributed by atoms with E-state index in [0.29, 0.717) is 12.1 Å². The molecule has 0 spiro atoms. The van der Waals surface area contributed by atoms with E-state index in [0.717, 1.165) is 6.07 Å². The Labute approximate surface area is 158 Å². The minimum atomic E-state index is -4.88. The smallest absolute Gasteiger partial charge is 0.416 e. The summed E-state index contributed by atoms with van der Waals surface area (Å²) < 4.78 is 62.2. The quantitative estimate of drug-likeness (QED) is 0.344. The highest BCUT2D eigenvalue weighted by molar-refractivity contribution is 6.32. The van der Waals surface area contributed by atoms with Crippen molar-refractivity contribution in [3.05, 3.63) is 60.9 Å². The third-order valence-corrected chi connectivity index (χ3v) is 3.55. The third-order valence-electron chi connectivity index (χ3n) is 3.27. The molecule has 0 saturated heterocycles. The molecule has 0 saturated carbocycles. The van der Waals surface area contributed by atoms with E-state index in [1.165, 1.54) is 6.92 Å². The number of halogens is 5. The van der Waals surface area contributed by atoms with Crippen molar-refractivity contribution in [1.82, 2.24) is 0 Å². The van der Waals surface area contributed by atoms with Gasteiger partial charge in [-0.15, -0.1) is 0 Å². The fourth-order valence-electron chi connectivity index (χ4n) is 2.11. The summed E-state index contributed by atoms with van der Waals surface area (Å²) in [6.07, 6.45) is -4.88. The highest BCUT2D eigenvalue weighted by Gasteiger charge is 2.33. The van der Waals surface area contributed by atoms with Gasteiger partial charge in [0.1, 0.15) is 6.07 Å². The van der Waals surface area contributed by atoms with Crippen LogP contribution in [0.5, 0.6) is 17.2 Å². The second-order valence-corrected chi connectivity index (χ2v) is 5.51. The molecule has 13 heteroatoms. The monoisotopic (exact) mass is 424 g/mol. The van der Waals surface area contributed by atoms with Crippen molar-refractivity contribution < 1.29 is 36.9 Å². The number of nitro groups is 2. The molecule has 0 fully saturated rings. The summed E-state index contributed by atoms with van der Waals surface area (Å²) >= 11 is 5.63. The van der Waals surface area contributed by atoms with Gasteiger partial charge in [-0.1, -0.05) is 11.6 Å². The maximum atomic E-state index is 14.1. The van der Waals surface area contributed by atoms with Gasteiger partial charge in [0.05, 0.1) is 27.0 Å². The van der Waals surface area contributed by atoms with Gasteiger partial charge < -0.3 is 9.47 Å². The van der Waals surface area contributed by atoms with E-state index in [4.69, 9.17) is 21.1 Å². The van der Waals surface area contributed by atoms with Crippen LogP contribution in [0.25, 0.3) is 0 Å². The maximum Gasteiger partial charge on any atom is 0.416 e. The summed E-state index contributed by atoms with van der Waals surface area (Å²) in [4.78, 5) is 20.3. The van der Waals surface area contributed by atoms with E-state index in [1.54, 1.807) is 0 Å². The SMILES string of the molecule is CCOc1cc(Oc2c(F)cc(C(F)(F)F)cc2Cl)c([N+](=O)[O-])cc1[N+](=O)[O-]. The van der Waals surface area contributed by atoms with Gasteiger partial charge in [-0.3, -0.25) is 20.2 Å². The van der Waals surface area contributed by atoms with Crippen LogP contribution in [-0.2, 0) is 6.18 Å². The van der Waals surface area contributed by atoms with Crippen LogP contribution in [-0.4, -0.2) is 16.5 Å². The fraction of sp³-hybridized carbons (Fsp3) is 0.200. The first-order valence-electron chi connectivity index (χ1n) is 7.29. The number of hydrogen-bond acceptors (Lipinski definition) is 6. The Kier molecular flexibility index (Phi) is 5.92. The largest absolute Gasteiger partial charge is 0.487 e. The van der Waals surface area contributed by atoms with Gasteiger partial charge in [0.25, 0.3) is 0 Å². The average Bonchev–Trinajstić information content (AvgIpc) is 2.56. The van der Waals surface area contributed by atoms with Gasteiger partial charge in [-0.05, 0) is 19.1 Å². The van der Waals surface area contributed by atoms with E-state index in [1.807, 2.05) is 0 Å². The normalized spacial score (nSPS) is 11.2. The van der Waals surface area contributed by atoms with Crippen molar-refractivity contribution >= 4 is 23.0 Å². The van der Waals surface area contributed by atoms with Gasteiger partial charge in [-0.25, -0.2) is 4.39 Å². The Morgan fingerprint density at radius 1 is 1.04 bits per heavy atom. The van der Waals surface area contributed by atoms with E-state index >= 15 is 0 Å². The molecule has 0 bridgehead atoms. The molecule has 2 aromatic carbocycles. The molecule has 0 atom stereocenters. The third kappa shape index (κ3) is 4.39. The minimum Gasteiger partial charge on any atom is -0.487 e. The zero-order valence-electron chi connectivity index (χ0n) is 13.8. The lowest BCUT2D eigenvalue weighted by molar-refractivity contribution is -0.395. The van der Waals surface area contributed by atoms with Gasteiger partial charge in [0.15, 0.2) is 11.6 Å². The van der Waals surface area contributed by atoms with Crippen molar-refractivity contribution in [1.29, 1.82) is 0 Å². The van der Waals surface area contributed by atoms with Crippen LogP contribution in [0.3, 0.4) is 0 Å². The van der Waals surface area contributed by atoms with Crippen LogP contribution in [0.2, 0.25) is 5.02 Å². The lowest BCUT2D eigenvalue weighted by atomic mass is 10.2. The second kappa shape index (κ2) is 7.84. The van der Waals surface area contributed by atoms with Crippen LogP contribution in [0.1, 0.15) is 12.5 Å². The molecular formula is C15H9ClF4N2O6.